The third kappa shape index (κ3) is 4.69. The van der Waals surface area contributed by atoms with Crippen molar-refractivity contribution in [2.24, 2.45) is 5.92 Å². The zero-order valence-electron chi connectivity index (χ0n) is 7.37. The van der Waals surface area contributed by atoms with Crippen LogP contribution in [0.2, 0.25) is 0 Å². The molecule has 0 spiro atoms. The van der Waals surface area contributed by atoms with Crippen LogP contribution >= 0.6 is 0 Å². The maximum Gasteiger partial charge on any atom is 0.237 e. The van der Waals surface area contributed by atoms with Gasteiger partial charge >= 0.3 is 0 Å². The Labute approximate surface area is 72.2 Å². The minimum atomic E-state index is -0.612. The molecule has 2 atom stereocenters. The molecule has 2 unspecified atom stereocenters. The van der Waals surface area contributed by atoms with Crippen LogP contribution in [0.25, 0.3) is 0 Å². The molecule has 1 amide bonds. The summed E-state index contributed by atoms with van der Waals surface area (Å²) in [6.45, 7) is 3.61. The summed E-state index contributed by atoms with van der Waals surface area (Å²) in [5.74, 6) is -0.892. The van der Waals surface area contributed by atoms with Gasteiger partial charge < -0.3 is 10.4 Å². The van der Waals surface area contributed by atoms with E-state index in [2.05, 4.69) is 5.32 Å². The van der Waals surface area contributed by atoms with Crippen LogP contribution in [0.4, 0.5) is 0 Å². The van der Waals surface area contributed by atoms with Crippen molar-refractivity contribution >= 4 is 5.91 Å². The van der Waals surface area contributed by atoms with Gasteiger partial charge in [0.15, 0.2) is 0 Å². The molecule has 0 aliphatic rings. The number of nitrogens with zero attached hydrogens (tertiary/aromatic N) is 1. The molecule has 0 saturated heterocycles. The van der Waals surface area contributed by atoms with Crippen LogP contribution in [-0.2, 0) is 4.79 Å². The summed E-state index contributed by atoms with van der Waals surface area (Å²) in [4.78, 5) is 10.9. The molecule has 0 saturated carbocycles. The molecule has 0 aromatic heterocycles. The van der Waals surface area contributed by atoms with Crippen molar-refractivity contribution in [2.45, 2.75) is 26.4 Å². The summed E-state index contributed by atoms with van der Waals surface area (Å²) < 4.78 is 0. The third-order valence-electron chi connectivity index (χ3n) is 1.45. The molecule has 0 aliphatic carbocycles. The van der Waals surface area contributed by atoms with E-state index < -0.39 is 12.0 Å². The SMILES string of the molecule is CC(O)CCNC(=O)C(C)C#N. The van der Waals surface area contributed by atoms with Crippen molar-refractivity contribution in [1.82, 2.24) is 5.32 Å². The quantitative estimate of drug-likeness (QED) is 0.625. The Hall–Kier alpha value is -1.08. The van der Waals surface area contributed by atoms with Crippen LogP contribution in [0.3, 0.4) is 0 Å². The number of amides is 1. The number of carbonyl (C=O) groups is 1. The highest BCUT2D eigenvalue weighted by molar-refractivity contribution is 5.80. The van der Waals surface area contributed by atoms with Crippen LogP contribution < -0.4 is 5.32 Å². The fourth-order valence-electron chi connectivity index (χ4n) is 0.616. The number of carbonyl (C=O) groups excluding carboxylic acids is 1. The number of hydrogen-bond donors (Lipinski definition) is 2. The number of aliphatic hydroxyl groups is 1. The van der Waals surface area contributed by atoms with Crippen LogP contribution in [-0.4, -0.2) is 23.7 Å². The molecule has 2 N–H and O–H groups in total. The third-order valence-corrected chi connectivity index (χ3v) is 1.45. The second-order valence-corrected chi connectivity index (χ2v) is 2.78. The molecule has 0 fully saturated rings. The zero-order valence-corrected chi connectivity index (χ0v) is 7.37. The molecular formula is C8H14N2O2. The topological polar surface area (TPSA) is 73.1 Å². The lowest BCUT2D eigenvalue weighted by Gasteiger charge is -2.06. The lowest BCUT2D eigenvalue weighted by molar-refractivity contribution is -0.123. The molecule has 0 bridgehead atoms. The van der Waals surface area contributed by atoms with E-state index in [9.17, 15) is 4.79 Å². The van der Waals surface area contributed by atoms with Crippen LogP contribution in [0, 0.1) is 17.2 Å². The Kier molecular flexibility index (Phi) is 5.06. The van der Waals surface area contributed by atoms with Gasteiger partial charge in [0.2, 0.25) is 5.91 Å². The molecule has 4 nitrogen and oxygen atoms in total. The summed E-state index contributed by atoms with van der Waals surface area (Å²) in [7, 11) is 0. The Morgan fingerprint density at radius 3 is 2.67 bits per heavy atom. The summed E-state index contributed by atoms with van der Waals surface area (Å²) >= 11 is 0. The highest BCUT2D eigenvalue weighted by Gasteiger charge is 2.10. The van der Waals surface area contributed by atoms with Crippen molar-refractivity contribution in [1.29, 1.82) is 5.26 Å². The number of aliphatic hydroxyl groups excluding tert-OH is 1. The minimum absolute atomic E-state index is 0.279. The Bertz CT molecular complexity index is 184. The van der Waals surface area contributed by atoms with Crippen LogP contribution in [0.1, 0.15) is 20.3 Å². The van der Waals surface area contributed by atoms with Gasteiger partial charge in [-0.15, -0.1) is 0 Å². The first-order valence-electron chi connectivity index (χ1n) is 3.93. The standard InChI is InChI=1S/C8H14N2O2/c1-6(5-9)8(12)10-4-3-7(2)11/h6-7,11H,3-4H2,1-2H3,(H,10,12). The van der Waals surface area contributed by atoms with Crippen molar-refractivity contribution in [2.75, 3.05) is 6.54 Å². The van der Waals surface area contributed by atoms with Gasteiger partial charge in [0.25, 0.3) is 0 Å². The molecule has 0 aliphatic heterocycles. The monoisotopic (exact) mass is 170 g/mol. The number of nitriles is 1. The van der Waals surface area contributed by atoms with Gasteiger partial charge in [0, 0.05) is 6.54 Å². The van der Waals surface area contributed by atoms with Gasteiger partial charge in [-0.3, -0.25) is 4.79 Å². The van der Waals surface area contributed by atoms with Crippen molar-refractivity contribution in [3.63, 3.8) is 0 Å². The highest BCUT2D eigenvalue weighted by Crippen LogP contribution is 1.92. The Morgan fingerprint density at radius 2 is 2.25 bits per heavy atom. The average Bonchev–Trinajstić information content (AvgIpc) is 2.02. The van der Waals surface area contributed by atoms with Gasteiger partial charge in [0.05, 0.1) is 12.2 Å². The van der Waals surface area contributed by atoms with Gasteiger partial charge in [-0.1, -0.05) is 0 Å². The van der Waals surface area contributed by atoms with E-state index in [4.69, 9.17) is 10.4 Å². The van der Waals surface area contributed by atoms with E-state index in [1.54, 1.807) is 6.92 Å². The first-order chi connectivity index (χ1) is 5.57. The van der Waals surface area contributed by atoms with E-state index in [0.717, 1.165) is 0 Å². The maximum absolute atomic E-state index is 10.9. The van der Waals surface area contributed by atoms with Gasteiger partial charge in [0.1, 0.15) is 5.92 Å². The summed E-state index contributed by atoms with van der Waals surface area (Å²) in [6.07, 6.45) is 0.104. The second-order valence-electron chi connectivity index (χ2n) is 2.78. The lowest BCUT2D eigenvalue weighted by Crippen LogP contribution is -2.30. The zero-order chi connectivity index (χ0) is 9.56. The van der Waals surface area contributed by atoms with E-state index in [1.165, 1.54) is 6.92 Å². The smallest absolute Gasteiger partial charge is 0.237 e. The first-order valence-corrected chi connectivity index (χ1v) is 3.93. The Morgan fingerprint density at radius 1 is 1.67 bits per heavy atom. The van der Waals surface area contributed by atoms with Crippen molar-refractivity contribution in [3.8, 4) is 6.07 Å². The second kappa shape index (κ2) is 5.56. The fourth-order valence-corrected chi connectivity index (χ4v) is 0.616. The van der Waals surface area contributed by atoms with E-state index >= 15 is 0 Å². The van der Waals surface area contributed by atoms with E-state index in [1.807, 2.05) is 6.07 Å². The maximum atomic E-state index is 10.9. The molecule has 0 heterocycles. The molecule has 0 radical (unpaired) electrons. The van der Waals surface area contributed by atoms with Crippen molar-refractivity contribution in [3.05, 3.63) is 0 Å². The summed E-state index contributed by atoms with van der Waals surface area (Å²) in [6, 6.07) is 1.83. The molecule has 0 aromatic rings. The van der Waals surface area contributed by atoms with Crippen molar-refractivity contribution < 1.29 is 9.90 Å². The first kappa shape index (κ1) is 10.9. The van der Waals surface area contributed by atoms with Crippen LogP contribution in [0.5, 0.6) is 0 Å². The van der Waals surface area contributed by atoms with Gasteiger partial charge in [-0.05, 0) is 20.3 Å². The molecule has 0 aromatic carbocycles. The molecule has 12 heavy (non-hydrogen) atoms. The largest absolute Gasteiger partial charge is 0.393 e. The molecule has 4 heteroatoms. The summed E-state index contributed by atoms with van der Waals surface area (Å²) in [5.41, 5.74) is 0. The molecule has 0 rings (SSSR count). The van der Waals surface area contributed by atoms with Gasteiger partial charge in [-0.25, -0.2) is 0 Å². The molecular weight excluding hydrogens is 156 g/mol. The normalized spacial score (nSPS) is 14.5. The van der Waals surface area contributed by atoms with E-state index in [-0.39, 0.29) is 5.91 Å². The highest BCUT2D eigenvalue weighted by atomic mass is 16.3. The number of nitrogens with one attached hydrogen (secondary N) is 1. The lowest BCUT2D eigenvalue weighted by atomic mass is 10.2. The predicted molar refractivity (Wildman–Crippen MR) is 44.1 cm³/mol. The van der Waals surface area contributed by atoms with E-state index in [0.29, 0.717) is 13.0 Å². The fraction of sp³-hybridized carbons (Fsp3) is 0.750. The average molecular weight is 170 g/mol. The molecule has 68 valence electrons. The van der Waals surface area contributed by atoms with Crippen LogP contribution in [0.15, 0.2) is 0 Å². The summed E-state index contributed by atoms with van der Waals surface area (Å²) in [5, 5.41) is 19.7. The Balaban J connectivity index is 3.53. The minimum Gasteiger partial charge on any atom is -0.393 e. The number of hydrogen-bond acceptors (Lipinski definition) is 3. The number of rotatable bonds is 4. The van der Waals surface area contributed by atoms with Gasteiger partial charge in [-0.2, -0.15) is 5.26 Å². The predicted octanol–water partition coefficient (Wildman–Crippen LogP) is 0.0332.